The van der Waals surface area contributed by atoms with Gasteiger partial charge in [0.25, 0.3) is 0 Å². The number of halogens is 1. The minimum Gasteiger partial charge on any atom is -0.467 e. The smallest absolute Gasteiger partial charge is 0.222 e. The van der Waals surface area contributed by atoms with E-state index in [0.717, 1.165) is 28.2 Å². The molecular weight excluding hydrogens is 357 g/mol. The second kappa shape index (κ2) is 8.08. The molecule has 6 heteroatoms. The molecule has 2 aromatic carbocycles. The zero-order chi connectivity index (χ0) is 19.3. The van der Waals surface area contributed by atoms with Gasteiger partial charge in [0.2, 0.25) is 5.91 Å². The lowest BCUT2D eigenvalue weighted by Gasteiger charge is -2.10. The molecule has 0 fully saturated rings. The quantitative estimate of drug-likeness (QED) is 0.528. The average Bonchev–Trinajstić information content (AvgIpc) is 3.34. The lowest BCUT2D eigenvalue weighted by atomic mass is 10.1. The first-order valence-corrected chi connectivity index (χ1v) is 9.17. The molecule has 2 aromatic heterocycles. The van der Waals surface area contributed by atoms with E-state index in [1.54, 1.807) is 24.5 Å². The molecule has 4 aromatic rings. The Morgan fingerprint density at radius 2 is 1.89 bits per heavy atom. The summed E-state index contributed by atoms with van der Waals surface area (Å²) in [4.78, 5) is 17.0. The summed E-state index contributed by atoms with van der Waals surface area (Å²) < 4.78 is 20.5. The van der Waals surface area contributed by atoms with Crippen molar-refractivity contribution in [2.45, 2.75) is 25.9 Å². The standard InChI is InChI=1S/C22H20FN3O2/c23-17-9-7-16(8-10-17)14-21-25-19-5-1-2-6-20(19)26(21)12-11-22(27)24-15-18-4-3-13-28-18/h1-10,13H,11-12,14-15H2,(H,24,27). The van der Waals surface area contributed by atoms with Gasteiger partial charge in [-0.1, -0.05) is 24.3 Å². The van der Waals surface area contributed by atoms with Gasteiger partial charge < -0.3 is 14.3 Å². The number of benzene rings is 2. The Bertz CT molecular complexity index is 1070. The predicted molar refractivity (Wildman–Crippen MR) is 104 cm³/mol. The largest absolute Gasteiger partial charge is 0.467 e. The first-order chi connectivity index (χ1) is 13.7. The second-order valence-electron chi connectivity index (χ2n) is 6.58. The first kappa shape index (κ1) is 18.0. The van der Waals surface area contributed by atoms with Crippen LogP contribution in [0, 0.1) is 5.82 Å². The van der Waals surface area contributed by atoms with Gasteiger partial charge in [0, 0.05) is 19.4 Å². The predicted octanol–water partition coefficient (Wildman–Crippen LogP) is 4.07. The molecule has 0 saturated carbocycles. The Hall–Kier alpha value is -3.41. The lowest BCUT2D eigenvalue weighted by molar-refractivity contribution is -0.121. The molecule has 2 heterocycles. The number of hydrogen-bond acceptors (Lipinski definition) is 3. The molecule has 4 rings (SSSR count). The SMILES string of the molecule is O=C(CCn1c(Cc2ccc(F)cc2)nc2ccccc21)NCc1ccco1. The molecule has 0 radical (unpaired) electrons. The van der Waals surface area contributed by atoms with Crippen LogP contribution in [0.1, 0.15) is 23.6 Å². The monoisotopic (exact) mass is 377 g/mol. The van der Waals surface area contributed by atoms with Crippen LogP contribution < -0.4 is 5.32 Å². The maximum absolute atomic E-state index is 13.2. The van der Waals surface area contributed by atoms with Gasteiger partial charge in [-0.15, -0.1) is 0 Å². The molecule has 142 valence electrons. The molecule has 1 amide bonds. The summed E-state index contributed by atoms with van der Waals surface area (Å²) in [6, 6.07) is 17.9. The van der Waals surface area contributed by atoms with Crippen LogP contribution >= 0.6 is 0 Å². The summed E-state index contributed by atoms with van der Waals surface area (Å²) in [5, 5.41) is 2.86. The van der Waals surface area contributed by atoms with E-state index in [1.807, 2.05) is 30.3 Å². The highest BCUT2D eigenvalue weighted by atomic mass is 19.1. The van der Waals surface area contributed by atoms with Crippen LogP contribution in [0.3, 0.4) is 0 Å². The number of aromatic nitrogens is 2. The fourth-order valence-electron chi connectivity index (χ4n) is 3.20. The van der Waals surface area contributed by atoms with E-state index in [0.29, 0.717) is 25.9 Å². The van der Waals surface area contributed by atoms with Crippen molar-refractivity contribution in [3.63, 3.8) is 0 Å². The number of carbonyl (C=O) groups excluding carboxylic acids is 1. The molecule has 0 aliphatic rings. The first-order valence-electron chi connectivity index (χ1n) is 9.17. The van der Waals surface area contributed by atoms with Gasteiger partial charge in [0.1, 0.15) is 17.4 Å². The zero-order valence-corrected chi connectivity index (χ0v) is 15.3. The van der Waals surface area contributed by atoms with Crippen LogP contribution in [-0.2, 0) is 24.3 Å². The number of carbonyl (C=O) groups is 1. The van der Waals surface area contributed by atoms with Crippen molar-refractivity contribution in [1.29, 1.82) is 0 Å². The summed E-state index contributed by atoms with van der Waals surface area (Å²) in [5.74, 6) is 1.26. The van der Waals surface area contributed by atoms with E-state index >= 15 is 0 Å². The Morgan fingerprint density at radius 1 is 1.07 bits per heavy atom. The number of imidazole rings is 1. The third-order valence-electron chi connectivity index (χ3n) is 4.61. The van der Waals surface area contributed by atoms with Crippen molar-refractivity contribution in [2.75, 3.05) is 0 Å². The minimum absolute atomic E-state index is 0.0538. The normalized spacial score (nSPS) is 11.0. The van der Waals surface area contributed by atoms with Crippen molar-refractivity contribution < 1.29 is 13.6 Å². The van der Waals surface area contributed by atoms with Crippen molar-refractivity contribution in [2.24, 2.45) is 0 Å². The highest BCUT2D eigenvalue weighted by molar-refractivity contribution is 5.78. The Balaban J connectivity index is 1.49. The van der Waals surface area contributed by atoms with E-state index in [9.17, 15) is 9.18 Å². The highest BCUT2D eigenvalue weighted by Gasteiger charge is 2.13. The Labute approximate surface area is 161 Å². The van der Waals surface area contributed by atoms with Gasteiger partial charge >= 0.3 is 0 Å². The molecule has 0 unspecified atom stereocenters. The molecule has 28 heavy (non-hydrogen) atoms. The van der Waals surface area contributed by atoms with Crippen LogP contribution in [0.15, 0.2) is 71.3 Å². The number of rotatable bonds is 7. The lowest BCUT2D eigenvalue weighted by Crippen LogP contribution is -2.24. The average molecular weight is 377 g/mol. The second-order valence-corrected chi connectivity index (χ2v) is 6.58. The van der Waals surface area contributed by atoms with E-state index in [4.69, 9.17) is 9.40 Å². The molecule has 0 saturated heterocycles. The van der Waals surface area contributed by atoms with Gasteiger partial charge in [0.05, 0.1) is 23.8 Å². The molecule has 0 aliphatic heterocycles. The van der Waals surface area contributed by atoms with E-state index in [2.05, 4.69) is 9.88 Å². The maximum Gasteiger partial charge on any atom is 0.222 e. The summed E-state index contributed by atoms with van der Waals surface area (Å²) >= 11 is 0. The van der Waals surface area contributed by atoms with Gasteiger partial charge in [-0.2, -0.15) is 0 Å². The third-order valence-corrected chi connectivity index (χ3v) is 4.61. The number of aryl methyl sites for hydroxylation is 1. The summed E-state index contributed by atoms with van der Waals surface area (Å²) in [5.41, 5.74) is 2.84. The van der Waals surface area contributed by atoms with Gasteiger partial charge in [-0.3, -0.25) is 4.79 Å². The Kier molecular flexibility index (Phi) is 5.19. The van der Waals surface area contributed by atoms with Crippen molar-refractivity contribution in [1.82, 2.24) is 14.9 Å². The number of fused-ring (bicyclic) bond motifs is 1. The molecule has 0 atom stereocenters. The maximum atomic E-state index is 13.2. The van der Waals surface area contributed by atoms with E-state index in [1.165, 1.54) is 12.1 Å². The fraction of sp³-hybridized carbons (Fsp3) is 0.182. The minimum atomic E-state index is -0.259. The van der Waals surface area contributed by atoms with Gasteiger partial charge in [-0.25, -0.2) is 9.37 Å². The van der Waals surface area contributed by atoms with Crippen molar-refractivity contribution >= 4 is 16.9 Å². The molecular formula is C22H20FN3O2. The molecule has 0 bridgehead atoms. The number of nitrogens with one attached hydrogen (secondary N) is 1. The fourth-order valence-corrected chi connectivity index (χ4v) is 3.20. The van der Waals surface area contributed by atoms with Crippen molar-refractivity contribution in [3.8, 4) is 0 Å². The summed E-state index contributed by atoms with van der Waals surface area (Å²) in [7, 11) is 0. The number of amides is 1. The van der Waals surface area contributed by atoms with Crippen LogP contribution in [0.5, 0.6) is 0 Å². The highest BCUT2D eigenvalue weighted by Crippen LogP contribution is 2.19. The van der Waals surface area contributed by atoms with Crippen LogP contribution in [0.4, 0.5) is 4.39 Å². The topological polar surface area (TPSA) is 60.1 Å². The van der Waals surface area contributed by atoms with Crippen LogP contribution in [0.25, 0.3) is 11.0 Å². The number of hydrogen-bond donors (Lipinski definition) is 1. The Morgan fingerprint density at radius 3 is 2.68 bits per heavy atom. The van der Waals surface area contributed by atoms with Gasteiger partial charge in [-0.05, 0) is 42.0 Å². The molecule has 0 aliphatic carbocycles. The zero-order valence-electron chi connectivity index (χ0n) is 15.3. The van der Waals surface area contributed by atoms with E-state index < -0.39 is 0 Å². The molecule has 0 spiro atoms. The van der Waals surface area contributed by atoms with E-state index in [-0.39, 0.29) is 11.7 Å². The number of furan rings is 1. The summed E-state index contributed by atoms with van der Waals surface area (Å²) in [6.07, 6.45) is 2.49. The molecule has 5 nitrogen and oxygen atoms in total. The van der Waals surface area contributed by atoms with Gasteiger partial charge in [0.15, 0.2) is 0 Å². The third kappa shape index (κ3) is 4.11. The number of nitrogens with zero attached hydrogens (tertiary/aromatic N) is 2. The molecule has 1 N–H and O–H groups in total. The number of para-hydroxylation sites is 2. The summed E-state index contributed by atoms with van der Waals surface area (Å²) in [6.45, 7) is 0.889. The van der Waals surface area contributed by atoms with Crippen molar-refractivity contribution in [3.05, 3.63) is 89.9 Å². The van der Waals surface area contributed by atoms with Crippen LogP contribution in [0.2, 0.25) is 0 Å². The van der Waals surface area contributed by atoms with Crippen LogP contribution in [-0.4, -0.2) is 15.5 Å².